The normalized spacial score (nSPS) is 11.8. The number of alkyl halides is 3. The van der Waals surface area contributed by atoms with E-state index in [1.165, 1.54) is 17.0 Å². The van der Waals surface area contributed by atoms with Crippen molar-refractivity contribution >= 4 is 11.9 Å². The lowest BCUT2D eigenvalue weighted by molar-refractivity contribution is -0.137. The number of nitrogens with zero attached hydrogens (tertiary/aromatic N) is 2. The van der Waals surface area contributed by atoms with E-state index in [1.54, 1.807) is 14.1 Å². The minimum absolute atomic E-state index is 0.0160. The quantitative estimate of drug-likeness (QED) is 0.442. The predicted octanol–water partition coefficient (Wildman–Crippen LogP) is 1.73. The van der Waals surface area contributed by atoms with Gasteiger partial charge < -0.3 is 20.3 Å². The molecular formula is C16H23F3N4O2. The predicted molar refractivity (Wildman–Crippen MR) is 89.6 cm³/mol. The van der Waals surface area contributed by atoms with Crippen LogP contribution in [0.5, 0.6) is 5.75 Å². The van der Waals surface area contributed by atoms with Gasteiger partial charge in [-0.25, -0.2) is 4.99 Å². The average molecular weight is 360 g/mol. The number of hydrogen-bond donors (Lipinski definition) is 2. The molecule has 1 rings (SSSR count). The number of rotatable bonds is 7. The first-order valence-corrected chi connectivity index (χ1v) is 7.76. The Bertz CT molecular complexity index is 572. The lowest BCUT2D eigenvalue weighted by atomic mass is 10.2. The fraction of sp³-hybridized carbons (Fsp3) is 0.500. The first-order chi connectivity index (χ1) is 11.7. The van der Waals surface area contributed by atoms with Crippen LogP contribution in [0.4, 0.5) is 13.2 Å². The highest BCUT2D eigenvalue weighted by atomic mass is 19.4. The minimum Gasteiger partial charge on any atom is -0.492 e. The van der Waals surface area contributed by atoms with Crippen LogP contribution in [0, 0.1) is 0 Å². The Kier molecular flexibility index (Phi) is 8.03. The molecule has 25 heavy (non-hydrogen) atoms. The zero-order valence-electron chi connectivity index (χ0n) is 14.5. The van der Waals surface area contributed by atoms with Gasteiger partial charge in [-0.3, -0.25) is 4.79 Å². The Hall–Kier alpha value is -2.45. The standard InChI is InChI=1S/C16H23F3N4O2/c1-4-20-15(22-11-14(24)23(2)3)21-9-10-25-13-7-5-12(6-8-13)16(17,18)19/h5-8H,4,9-11H2,1-3H3,(H2,20,21,22). The number of aliphatic imine (C=N–C) groups is 1. The van der Waals surface area contributed by atoms with Gasteiger partial charge in [-0.2, -0.15) is 13.2 Å². The fourth-order valence-corrected chi connectivity index (χ4v) is 1.71. The number of carbonyl (C=O) groups is 1. The van der Waals surface area contributed by atoms with E-state index in [2.05, 4.69) is 15.6 Å². The third-order valence-corrected chi connectivity index (χ3v) is 3.06. The van der Waals surface area contributed by atoms with Crippen LogP contribution in [-0.2, 0) is 11.0 Å². The van der Waals surface area contributed by atoms with Crippen molar-refractivity contribution in [1.29, 1.82) is 0 Å². The van der Waals surface area contributed by atoms with Gasteiger partial charge in [0.2, 0.25) is 5.91 Å². The van der Waals surface area contributed by atoms with Gasteiger partial charge >= 0.3 is 6.18 Å². The Balaban J connectivity index is 2.43. The first-order valence-electron chi connectivity index (χ1n) is 7.76. The van der Waals surface area contributed by atoms with Crippen LogP contribution in [0.3, 0.4) is 0 Å². The molecule has 140 valence electrons. The van der Waals surface area contributed by atoms with Crippen LogP contribution >= 0.6 is 0 Å². The molecule has 0 spiro atoms. The molecular weight excluding hydrogens is 337 g/mol. The fourth-order valence-electron chi connectivity index (χ4n) is 1.71. The highest BCUT2D eigenvalue weighted by Crippen LogP contribution is 2.30. The van der Waals surface area contributed by atoms with Crippen molar-refractivity contribution in [3.63, 3.8) is 0 Å². The van der Waals surface area contributed by atoms with E-state index >= 15 is 0 Å². The van der Waals surface area contributed by atoms with E-state index in [4.69, 9.17) is 4.74 Å². The second-order valence-electron chi connectivity index (χ2n) is 5.28. The molecule has 0 heterocycles. The molecule has 0 aliphatic carbocycles. The number of ether oxygens (including phenoxy) is 1. The van der Waals surface area contributed by atoms with E-state index in [1.807, 2.05) is 6.92 Å². The summed E-state index contributed by atoms with van der Waals surface area (Å²) in [6.45, 7) is 3.15. The van der Waals surface area contributed by atoms with Gasteiger partial charge in [-0.1, -0.05) is 0 Å². The van der Waals surface area contributed by atoms with E-state index in [9.17, 15) is 18.0 Å². The zero-order valence-corrected chi connectivity index (χ0v) is 14.5. The van der Waals surface area contributed by atoms with Crippen molar-refractivity contribution < 1.29 is 22.7 Å². The first kappa shape index (κ1) is 20.6. The van der Waals surface area contributed by atoms with Gasteiger partial charge in [-0.15, -0.1) is 0 Å². The number of hydrogen-bond acceptors (Lipinski definition) is 3. The lowest BCUT2D eigenvalue weighted by Crippen LogP contribution is -2.40. The Morgan fingerprint density at radius 2 is 1.84 bits per heavy atom. The molecule has 0 aliphatic heterocycles. The largest absolute Gasteiger partial charge is 0.492 e. The van der Waals surface area contributed by atoms with E-state index < -0.39 is 11.7 Å². The van der Waals surface area contributed by atoms with E-state index in [0.29, 0.717) is 24.8 Å². The SMILES string of the molecule is CCNC(=NCC(=O)N(C)C)NCCOc1ccc(C(F)(F)F)cc1. The molecule has 0 saturated carbocycles. The van der Waals surface area contributed by atoms with Gasteiger partial charge in [-0.05, 0) is 31.2 Å². The molecule has 0 aliphatic rings. The van der Waals surface area contributed by atoms with E-state index in [-0.39, 0.29) is 19.1 Å². The number of carbonyl (C=O) groups excluding carboxylic acids is 1. The Morgan fingerprint density at radius 3 is 2.36 bits per heavy atom. The third-order valence-electron chi connectivity index (χ3n) is 3.06. The molecule has 0 fully saturated rings. The van der Waals surface area contributed by atoms with Crippen molar-refractivity contribution in [2.75, 3.05) is 40.3 Å². The monoisotopic (exact) mass is 360 g/mol. The summed E-state index contributed by atoms with van der Waals surface area (Å²) < 4.78 is 42.8. The summed E-state index contributed by atoms with van der Waals surface area (Å²) in [4.78, 5) is 17.1. The van der Waals surface area contributed by atoms with Crippen molar-refractivity contribution in [3.05, 3.63) is 29.8 Å². The van der Waals surface area contributed by atoms with Crippen LogP contribution in [0.1, 0.15) is 12.5 Å². The van der Waals surface area contributed by atoms with E-state index in [0.717, 1.165) is 12.1 Å². The van der Waals surface area contributed by atoms with Crippen molar-refractivity contribution in [3.8, 4) is 5.75 Å². The number of likely N-dealkylation sites (N-methyl/N-ethyl adjacent to an activating group) is 1. The second kappa shape index (κ2) is 9.75. The lowest BCUT2D eigenvalue weighted by Gasteiger charge is -2.13. The van der Waals surface area contributed by atoms with Crippen LogP contribution in [0.15, 0.2) is 29.3 Å². The molecule has 0 radical (unpaired) electrons. The van der Waals surface area contributed by atoms with Crippen molar-refractivity contribution in [1.82, 2.24) is 15.5 Å². The Morgan fingerprint density at radius 1 is 1.20 bits per heavy atom. The molecule has 1 aromatic carbocycles. The maximum Gasteiger partial charge on any atom is 0.416 e. The molecule has 0 saturated heterocycles. The van der Waals surface area contributed by atoms with Gasteiger partial charge in [0.1, 0.15) is 18.9 Å². The van der Waals surface area contributed by atoms with Crippen LogP contribution in [-0.4, -0.2) is 57.1 Å². The highest BCUT2D eigenvalue weighted by Gasteiger charge is 2.29. The van der Waals surface area contributed by atoms with Crippen LogP contribution in [0.25, 0.3) is 0 Å². The zero-order chi connectivity index (χ0) is 18.9. The molecule has 0 aromatic heterocycles. The Labute approximate surface area is 145 Å². The van der Waals surface area contributed by atoms with Crippen molar-refractivity contribution in [2.24, 2.45) is 4.99 Å². The summed E-state index contributed by atoms with van der Waals surface area (Å²) in [6.07, 6.45) is -4.36. The summed E-state index contributed by atoms with van der Waals surface area (Å²) in [5.74, 6) is 0.687. The summed E-state index contributed by atoms with van der Waals surface area (Å²) >= 11 is 0. The van der Waals surface area contributed by atoms with Crippen LogP contribution < -0.4 is 15.4 Å². The number of amides is 1. The molecule has 9 heteroatoms. The van der Waals surface area contributed by atoms with Gasteiger partial charge in [0.05, 0.1) is 12.1 Å². The number of nitrogens with one attached hydrogen (secondary N) is 2. The van der Waals surface area contributed by atoms with Crippen LogP contribution in [0.2, 0.25) is 0 Å². The number of benzene rings is 1. The van der Waals surface area contributed by atoms with Gasteiger partial charge in [0, 0.05) is 20.6 Å². The maximum atomic E-state index is 12.5. The molecule has 6 nitrogen and oxygen atoms in total. The minimum atomic E-state index is -4.36. The van der Waals surface area contributed by atoms with Gasteiger partial charge in [0.25, 0.3) is 0 Å². The molecule has 2 N–H and O–H groups in total. The molecule has 0 unspecified atom stereocenters. The van der Waals surface area contributed by atoms with Gasteiger partial charge in [0.15, 0.2) is 5.96 Å². The molecule has 1 aromatic rings. The molecule has 1 amide bonds. The number of guanidine groups is 1. The molecule has 0 atom stereocenters. The smallest absolute Gasteiger partial charge is 0.416 e. The topological polar surface area (TPSA) is 66.0 Å². The second-order valence-corrected chi connectivity index (χ2v) is 5.28. The summed E-state index contributed by atoms with van der Waals surface area (Å²) in [6, 6.07) is 4.50. The maximum absolute atomic E-state index is 12.5. The number of halogens is 3. The summed E-state index contributed by atoms with van der Waals surface area (Å²) in [7, 11) is 3.30. The average Bonchev–Trinajstić information content (AvgIpc) is 2.55. The summed E-state index contributed by atoms with van der Waals surface area (Å²) in [5, 5.41) is 5.97. The third kappa shape index (κ3) is 7.77. The summed E-state index contributed by atoms with van der Waals surface area (Å²) in [5.41, 5.74) is -0.718. The molecule has 0 bridgehead atoms. The van der Waals surface area contributed by atoms with Crippen molar-refractivity contribution in [2.45, 2.75) is 13.1 Å². The highest BCUT2D eigenvalue weighted by molar-refractivity contribution is 5.84.